The largest absolute Gasteiger partial charge is 0.416 e. The maximum absolute atomic E-state index is 11.0. The summed E-state index contributed by atoms with van der Waals surface area (Å²) in [7, 11) is 0. The predicted octanol–water partition coefficient (Wildman–Crippen LogP) is 10.8. The van der Waals surface area contributed by atoms with Gasteiger partial charge in [-0.25, -0.2) is 26.3 Å². The average molecular weight is 732 g/mol. The molecule has 28 heteroatoms. The van der Waals surface area contributed by atoms with Crippen molar-refractivity contribution in [2.75, 3.05) is 40.4 Å². The molecular weight excluding hydrogens is 712 g/mol. The lowest BCUT2D eigenvalue weighted by molar-refractivity contribution is -0.357. The molecule has 0 bridgehead atoms. The Balaban J connectivity index is -0.0000000572. The molecule has 0 aliphatic heterocycles. The van der Waals surface area contributed by atoms with Crippen LogP contribution < -0.4 is 0 Å². The van der Waals surface area contributed by atoms with E-state index >= 15 is 0 Å². The van der Waals surface area contributed by atoms with Crippen LogP contribution >= 0.6 is 0 Å². The molecule has 0 atom stereocenters. The molecule has 0 saturated carbocycles. The van der Waals surface area contributed by atoms with Crippen LogP contribution in [0.2, 0.25) is 0 Å². The Bertz CT molecular complexity index is 510. The summed E-state index contributed by atoms with van der Waals surface area (Å²) in [4.78, 5) is 8.82. The van der Waals surface area contributed by atoms with Gasteiger partial charge in [-0.2, -0.15) is 76.3 Å². The number of alkyl halides is 19. The lowest BCUT2D eigenvalue weighted by Crippen LogP contribution is -2.18. The van der Waals surface area contributed by atoms with Gasteiger partial charge in [0.2, 0.25) is 13.8 Å². The maximum atomic E-state index is 11.0. The van der Waals surface area contributed by atoms with Gasteiger partial charge >= 0.3 is 30.8 Å². The van der Waals surface area contributed by atoms with Gasteiger partial charge in [-0.3, -0.25) is 0 Å². The van der Waals surface area contributed by atoms with E-state index in [1.165, 1.54) is 0 Å². The Morgan fingerprint density at radius 2 is 0.750 bits per heavy atom. The van der Waals surface area contributed by atoms with Crippen LogP contribution in [0.1, 0.15) is 6.42 Å². The molecule has 276 valence electrons. The molecule has 0 unspecified atom stereocenters. The molecule has 0 fully saturated rings. The summed E-state index contributed by atoms with van der Waals surface area (Å²) < 4.78 is 251. The van der Waals surface area contributed by atoms with Crippen molar-refractivity contribution in [3.63, 3.8) is 0 Å². The highest BCUT2D eigenvalue weighted by atomic mass is 19.4. The highest BCUT2D eigenvalue weighted by Gasteiger charge is 2.31. The van der Waals surface area contributed by atoms with E-state index in [4.69, 9.17) is 0 Å². The van der Waals surface area contributed by atoms with Crippen molar-refractivity contribution in [1.82, 2.24) is 0 Å². The molecule has 0 aromatic carbocycles. The van der Waals surface area contributed by atoms with E-state index in [-0.39, 0.29) is 6.33 Å². The van der Waals surface area contributed by atoms with Crippen molar-refractivity contribution in [2.24, 2.45) is 0 Å². The second kappa shape index (κ2) is 38.7. The summed E-state index contributed by atoms with van der Waals surface area (Å²) in [6.07, 6.45) is -21.8. The van der Waals surface area contributed by atoms with Crippen LogP contribution in [0.4, 0.5) is 106 Å². The quantitative estimate of drug-likeness (QED) is 0.201. The summed E-state index contributed by atoms with van der Waals surface area (Å²) in [5, 5.41) is 0. The van der Waals surface area contributed by atoms with E-state index in [2.05, 4.69) is 28.0 Å². The van der Waals surface area contributed by atoms with Crippen LogP contribution in [0.25, 0.3) is 0 Å². The fourth-order valence-corrected chi connectivity index (χ4v) is 0.308. The molecule has 0 aromatic heterocycles. The summed E-state index contributed by atoms with van der Waals surface area (Å²) in [5.74, 6) is 0. The highest BCUT2D eigenvalue weighted by Crippen LogP contribution is 2.19. The lowest BCUT2D eigenvalue weighted by Gasteiger charge is -2.01. The molecule has 0 amide bonds. The zero-order valence-electron chi connectivity index (χ0n) is 20.7. The van der Waals surface area contributed by atoms with Gasteiger partial charge in [0.1, 0.15) is 0 Å². The Kier molecular flexibility index (Phi) is 53.4. The van der Waals surface area contributed by atoms with E-state index in [1.807, 2.05) is 4.94 Å². The van der Waals surface area contributed by atoms with Crippen molar-refractivity contribution in [1.29, 1.82) is 0 Å². The summed E-state index contributed by atoms with van der Waals surface area (Å²) in [6.45, 7) is -5.49. The van der Waals surface area contributed by atoms with E-state index < -0.39 is 77.6 Å². The lowest BCUT2D eigenvalue weighted by atomic mass is 10.4. The fourth-order valence-electron chi connectivity index (χ4n) is 0.308. The van der Waals surface area contributed by atoms with Crippen molar-refractivity contribution >= 4 is 0 Å². The van der Waals surface area contributed by atoms with Crippen molar-refractivity contribution < 1.29 is 126 Å². The first-order chi connectivity index (χ1) is 19.6. The molecule has 0 aromatic rings. The minimum atomic E-state index is -4.62. The standard InChI is InChI=1S/C4H5F3.3C2H2F4O.C2H2F4.C2H3F.CH2F2O.CH2F2/c1-2-3-4(5,6)7;2*3-2(4,5)1-7-6;3-1-2(4,5)7-6;3-1-2(4,5)6;1-2-3;2-1-4-3;2-1-3/h2H,1,3H2;3*1H2;1H2;2H,1H2;1H2;1H2. The van der Waals surface area contributed by atoms with E-state index in [0.717, 1.165) is 6.08 Å². The van der Waals surface area contributed by atoms with Gasteiger partial charge in [0.05, 0.1) is 12.8 Å². The molecule has 0 aliphatic rings. The van der Waals surface area contributed by atoms with Gasteiger partial charge in [0.15, 0.2) is 26.6 Å². The average Bonchev–Trinajstić information content (AvgIpc) is 2.84. The maximum Gasteiger partial charge on any atom is 0.416 e. The topological polar surface area (TPSA) is 36.9 Å². The van der Waals surface area contributed by atoms with Gasteiger partial charge in [-0.05, 0) is 18.1 Å². The van der Waals surface area contributed by atoms with Crippen LogP contribution in [-0.4, -0.2) is 71.2 Å². The minimum Gasteiger partial charge on any atom is -0.241 e. The SMILES string of the molecule is C=CCC(F)(F)F.C=CF.FCC(F)(F)F.FCC(F)(F)OF.FCF.FCOF.FOCC(F)(F)F.FOCC(F)(F)F. The number of hydrogen-bond acceptors (Lipinski definition) is 4. The Morgan fingerprint density at radius 1 is 0.500 bits per heavy atom. The van der Waals surface area contributed by atoms with Gasteiger partial charge in [-0.1, -0.05) is 12.7 Å². The first-order valence-electron chi connectivity index (χ1n) is 8.88. The van der Waals surface area contributed by atoms with Gasteiger partial charge in [0, 0.05) is 0 Å². The first kappa shape index (κ1) is 60.8. The molecule has 0 saturated heterocycles. The zero-order chi connectivity index (χ0) is 37.7. The Hall–Kier alpha value is -2.36. The van der Waals surface area contributed by atoms with Crippen LogP contribution in [0, 0.1) is 0 Å². The molecule has 44 heavy (non-hydrogen) atoms. The molecular formula is C16H20F24O4. The zero-order valence-corrected chi connectivity index (χ0v) is 20.7. The number of hydrogen-bond donors (Lipinski definition) is 0. The predicted molar refractivity (Wildman–Crippen MR) is 98.8 cm³/mol. The molecule has 0 N–H and O–H groups in total. The van der Waals surface area contributed by atoms with Crippen molar-refractivity contribution in [2.45, 2.75) is 37.2 Å². The smallest absolute Gasteiger partial charge is 0.241 e. The third-order valence-electron chi connectivity index (χ3n) is 1.27. The number of rotatable bonds is 6. The normalized spacial score (nSPS) is 10.5. The molecule has 0 heterocycles. The monoisotopic (exact) mass is 732 g/mol. The molecule has 0 spiro atoms. The van der Waals surface area contributed by atoms with E-state index in [9.17, 15) is 106 Å². The summed E-state index contributed by atoms with van der Waals surface area (Å²) >= 11 is 0. The van der Waals surface area contributed by atoms with Gasteiger partial charge in [0.25, 0.3) is 0 Å². The summed E-state index contributed by atoms with van der Waals surface area (Å²) in [5.41, 5.74) is 0. The van der Waals surface area contributed by atoms with Crippen LogP contribution in [0.15, 0.2) is 25.6 Å². The summed E-state index contributed by atoms with van der Waals surface area (Å²) in [6, 6.07) is 0. The van der Waals surface area contributed by atoms with Crippen molar-refractivity contribution in [3.8, 4) is 0 Å². The van der Waals surface area contributed by atoms with Crippen molar-refractivity contribution in [3.05, 3.63) is 25.6 Å². The molecule has 0 aliphatic carbocycles. The van der Waals surface area contributed by atoms with Crippen LogP contribution in [0.3, 0.4) is 0 Å². The Morgan fingerprint density at radius 3 is 0.750 bits per heavy atom. The second-order valence-electron chi connectivity index (χ2n) is 4.92. The Labute approximate surface area is 230 Å². The minimum absolute atomic E-state index is 0.250. The second-order valence-corrected chi connectivity index (χ2v) is 4.92. The van der Waals surface area contributed by atoms with E-state index in [1.54, 1.807) is 0 Å². The molecule has 0 radical (unpaired) electrons. The number of allylic oxidation sites excluding steroid dienone is 1. The highest BCUT2D eigenvalue weighted by molar-refractivity contribution is 4.70. The third-order valence-corrected chi connectivity index (χ3v) is 1.27. The van der Waals surface area contributed by atoms with Gasteiger partial charge in [-0.15, -0.1) is 11.5 Å². The molecule has 4 nitrogen and oxygen atoms in total. The third kappa shape index (κ3) is 153. The number of halogens is 24. The first-order valence-corrected chi connectivity index (χ1v) is 8.88. The fraction of sp³-hybridized carbons (Fsp3) is 0.750. The van der Waals surface area contributed by atoms with Crippen LogP contribution in [-0.2, 0) is 19.8 Å². The van der Waals surface area contributed by atoms with Crippen LogP contribution in [0.5, 0.6) is 0 Å². The molecule has 0 rings (SSSR count). The van der Waals surface area contributed by atoms with E-state index in [0.29, 0.717) is 0 Å². The van der Waals surface area contributed by atoms with Gasteiger partial charge < -0.3 is 0 Å².